The zero-order valence-electron chi connectivity index (χ0n) is 10.7. The highest BCUT2D eigenvalue weighted by molar-refractivity contribution is 5.70. The summed E-state index contributed by atoms with van der Waals surface area (Å²) in [7, 11) is 0. The molecule has 1 saturated carbocycles. The first-order chi connectivity index (χ1) is 8.19. The van der Waals surface area contributed by atoms with E-state index < -0.39 is 5.97 Å². The summed E-state index contributed by atoms with van der Waals surface area (Å²) in [6.07, 6.45) is 7.56. The number of hydrogen-bond acceptors (Lipinski definition) is 2. The largest absolute Gasteiger partial charge is 0.481 e. The van der Waals surface area contributed by atoms with Crippen LogP contribution in [-0.4, -0.2) is 23.8 Å². The van der Waals surface area contributed by atoms with Crippen LogP contribution in [0.1, 0.15) is 45.4 Å². The predicted molar refractivity (Wildman–Crippen MR) is 67.9 cm³/mol. The van der Waals surface area contributed by atoms with Crippen LogP contribution in [-0.2, 0) is 9.53 Å². The molecule has 1 N–H and O–H groups in total. The molecular weight excluding hydrogens is 216 g/mol. The molecule has 3 nitrogen and oxygen atoms in total. The summed E-state index contributed by atoms with van der Waals surface area (Å²) in [5.41, 5.74) is 0. The van der Waals surface area contributed by atoms with Gasteiger partial charge in [0.15, 0.2) is 0 Å². The van der Waals surface area contributed by atoms with Gasteiger partial charge >= 0.3 is 5.97 Å². The zero-order valence-corrected chi connectivity index (χ0v) is 10.7. The monoisotopic (exact) mass is 240 g/mol. The van der Waals surface area contributed by atoms with Crippen molar-refractivity contribution in [1.29, 1.82) is 0 Å². The van der Waals surface area contributed by atoms with E-state index in [-0.39, 0.29) is 12.0 Å². The lowest BCUT2D eigenvalue weighted by atomic mass is 9.78. The van der Waals surface area contributed by atoms with Crippen LogP contribution >= 0.6 is 0 Å². The lowest BCUT2D eigenvalue weighted by Gasteiger charge is -2.33. The fraction of sp³-hybridized carbons (Fsp3) is 0.786. The van der Waals surface area contributed by atoms with Crippen molar-refractivity contribution in [2.45, 2.75) is 51.6 Å². The van der Waals surface area contributed by atoms with E-state index in [2.05, 4.69) is 13.5 Å². The van der Waals surface area contributed by atoms with Crippen LogP contribution in [0.3, 0.4) is 0 Å². The Kier molecular flexibility index (Phi) is 6.27. The molecule has 0 heterocycles. The van der Waals surface area contributed by atoms with E-state index in [1.54, 1.807) is 0 Å². The van der Waals surface area contributed by atoms with E-state index in [1.807, 2.05) is 6.08 Å². The van der Waals surface area contributed by atoms with Crippen LogP contribution in [0.15, 0.2) is 12.7 Å². The van der Waals surface area contributed by atoms with Crippen LogP contribution in [0.2, 0.25) is 0 Å². The second kappa shape index (κ2) is 7.49. The van der Waals surface area contributed by atoms with E-state index in [4.69, 9.17) is 4.74 Å². The maximum atomic E-state index is 11.2. The van der Waals surface area contributed by atoms with Crippen molar-refractivity contribution in [3.63, 3.8) is 0 Å². The molecule has 0 radical (unpaired) electrons. The van der Waals surface area contributed by atoms with Crippen molar-refractivity contribution < 1.29 is 14.6 Å². The molecule has 1 rings (SSSR count). The van der Waals surface area contributed by atoms with Gasteiger partial charge in [0, 0.05) is 0 Å². The van der Waals surface area contributed by atoms with Gasteiger partial charge in [-0.2, -0.15) is 0 Å². The Hall–Kier alpha value is -0.830. The van der Waals surface area contributed by atoms with Crippen LogP contribution in [0.4, 0.5) is 0 Å². The van der Waals surface area contributed by atoms with Gasteiger partial charge in [-0.15, -0.1) is 6.58 Å². The summed E-state index contributed by atoms with van der Waals surface area (Å²) in [6, 6.07) is 0. The molecule has 0 amide bonds. The molecule has 0 aromatic rings. The summed E-state index contributed by atoms with van der Waals surface area (Å²) in [5.74, 6) is -0.374. The van der Waals surface area contributed by atoms with Gasteiger partial charge in [0.25, 0.3) is 0 Å². The topological polar surface area (TPSA) is 46.5 Å². The maximum absolute atomic E-state index is 11.2. The molecule has 0 aliphatic heterocycles. The average molecular weight is 240 g/mol. The summed E-state index contributed by atoms with van der Waals surface area (Å²) < 4.78 is 5.72. The van der Waals surface area contributed by atoms with E-state index in [1.165, 1.54) is 12.8 Å². The maximum Gasteiger partial charge on any atom is 0.309 e. The van der Waals surface area contributed by atoms with Crippen LogP contribution in [0.5, 0.6) is 0 Å². The molecular formula is C14H24O3. The second-order valence-corrected chi connectivity index (χ2v) is 4.90. The quantitative estimate of drug-likeness (QED) is 0.549. The van der Waals surface area contributed by atoms with E-state index in [0.717, 1.165) is 25.7 Å². The minimum absolute atomic E-state index is 0.0993. The first kappa shape index (κ1) is 14.2. The fourth-order valence-corrected chi connectivity index (χ4v) is 2.65. The Bertz CT molecular complexity index is 250. The average Bonchev–Trinajstić information content (AvgIpc) is 2.30. The SMILES string of the molecule is C=CCCOC1CC(CCC)CCC1C(=O)O. The summed E-state index contributed by atoms with van der Waals surface area (Å²) in [6.45, 7) is 6.42. The molecule has 3 atom stereocenters. The lowest BCUT2D eigenvalue weighted by Crippen LogP contribution is -2.37. The molecule has 1 aliphatic carbocycles. The van der Waals surface area contributed by atoms with E-state index >= 15 is 0 Å². The molecule has 98 valence electrons. The Morgan fingerprint density at radius 1 is 1.53 bits per heavy atom. The van der Waals surface area contributed by atoms with Gasteiger partial charge in [0.05, 0.1) is 18.6 Å². The molecule has 1 fully saturated rings. The molecule has 3 heteroatoms. The van der Waals surface area contributed by atoms with Crippen molar-refractivity contribution in [2.75, 3.05) is 6.61 Å². The molecule has 0 spiro atoms. The third-order valence-electron chi connectivity index (χ3n) is 3.57. The van der Waals surface area contributed by atoms with E-state index in [0.29, 0.717) is 12.5 Å². The normalized spacial score (nSPS) is 28.9. The Morgan fingerprint density at radius 3 is 2.88 bits per heavy atom. The number of rotatable bonds is 7. The summed E-state index contributed by atoms with van der Waals surface area (Å²) in [4.78, 5) is 11.2. The van der Waals surface area contributed by atoms with Gasteiger partial charge in [-0.3, -0.25) is 4.79 Å². The third-order valence-corrected chi connectivity index (χ3v) is 3.57. The van der Waals surface area contributed by atoms with Gasteiger partial charge in [-0.25, -0.2) is 0 Å². The number of carboxylic acid groups (broad SMARTS) is 1. The Labute approximate surface area is 104 Å². The fourth-order valence-electron chi connectivity index (χ4n) is 2.65. The van der Waals surface area contributed by atoms with Crippen molar-refractivity contribution in [3.8, 4) is 0 Å². The summed E-state index contributed by atoms with van der Waals surface area (Å²) in [5, 5.41) is 9.18. The van der Waals surface area contributed by atoms with Gasteiger partial charge in [-0.1, -0.05) is 25.8 Å². The van der Waals surface area contributed by atoms with Crippen molar-refractivity contribution >= 4 is 5.97 Å². The van der Waals surface area contributed by atoms with Crippen molar-refractivity contribution in [3.05, 3.63) is 12.7 Å². The van der Waals surface area contributed by atoms with Crippen molar-refractivity contribution in [2.24, 2.45) is 11.8 Å². The number of hydrogen-bond donors (Lipinski definition) is 1. The van der Waals surface area contributed by atoms with E-state index in [9.17, 15) is 9.90 Å². The molecule has 0 aromatic heterocycles. The van der Waals surface area contributed by atoms with Crippen LogP contribution < -0.4 is 0 Å². The molecule has 3 unspecified atom stereocenters. The highest BCUT2D eigenvalue weighted by Crippen LogP contribution is 2.33. The Morgan fingerprint density at radius 2 is 2.29 bits per heavy atom. The molecule has 17 heavy (non-hydrogen) atoms. The van der Waals surface area contributed by atoms with Gasteiger partial charge < -0.3 is 9.84 Å². The Balaban J connectivity index is 2.49. The molecule has 1 aliphatic rings. The van der Waals surface area contributed by atoms with Crippen LogP contribution in [0, 0.1) is 11.8 Å². The van der Waals surface area contributed by atoms with Crippen molar-refractivity contribution in [1.82, 2.24) is 0 Å². The molecule has 0 aromatic carbocycles. The zero-order chi connectivity index (χ0) is 12.7. The highest BCUT2D eigenvalue weighted by Gasteiger charge is 2.35. The summed E-state index contributed by atoms with van der Waals surface area (Å²) >= 11 is 0. The lowest BCUT2D eigenvalue weighted by molar-refractivity contribution is -0.150. The molecule has 0 bridgehead atoms. The van der Waals surface area contributed by atoms with Gasteiger partial charge in [0.1, 0.15) is 0 Å². The molecule has 0 saturated heterocycles. The number of ether oxygens (including phenoxy) is 1. The number of carboxylic acids is 1. The predicted octanol–water partition coefficient (Wildman–Crippen LogP) is 3.25. The minimum atomic E-state index is -0.705. The van der Waals surface area contributed by atoms with Gasteiger partial charge in [0.2, 0.25) is 0 Å². The standard InChI is InChI=1S/C14H24O3/c1-3-5-9-17-13-10-11(6-4-2)7-8-12(13)14(15)16/h3,11-13H,1,4-10H2,2H3,(H,15,16). The first-order valence-electron chi connectivity index (χ1n) is 6.64. The smallest absolute Gasteiger partial charge is 0.309 e. The third kappa shape index (κ3) is 4.50. The first-order valence-corrected chi connectivity index (χ1v) is 6.64. The van der Waals surface area contributed by atoms with Gasteiger partial charge in [-0.05, 0) is 31.6 Å². The number of carbonyl (C=O) groups is 1. The number of aliphatic carboxylic acids is 1. The highest BCUT2D eigenvalue weighted by atomic mass is 16.5. The minimum Gasteiger partial charge on any atom is -0.481 e. The second-order valence-electron chi connectivity index (χ2n) is 4.90. The van der Waals surface area contributed by atoms with Crippen LogP contribution in [0.25, 0.3) is 0 Å².